The Morgan fingerprint density at radius 1 is 0.252 bits per heavy atom. The highest BCUT2D eigenvalue weighted by molar-refractivity contribution is 5.75. The summed E-state index contributed by atoms with van der Waals surface area (Å²) in [5, 5.41) is 383. The van der Waals surface area contributed by atoms with Crippen LogP contribution in [0.2, 0.25) is 0 Å². The molecule has 65 heteroatoms. The number of carbonyl (C=O) groups is 5. The SMILES string of the molecule is CC(=O)N[C@H]1[C@H](O[C@@H]([C@H](O)[C@H](CO)NC(C)=O)[C@H](O)CO[C@@H]2O[C@@H](C)[C@@H](O)[C@@H](O)[C@@H]2O)O[C@H](CO)[C@@H](O[C@@H]2O[C@H](CO[C@H]3O[C@H](CO)[C@@H](O)[C@H](O)[C@@H]3O[C@@H]3O[C@H](CO)[C@@H](O[C@@H]4O[C@H](CO)[C@H](O)[C@H](O[C@@H]5O[C@H](CO)[C@@H](O[C@@H]6O[C@H](CO)[C@H](O)[C@H](O)[C@H]6O)[C@H](O)[C@H]5NC(C)=O)[C@H]4O)[C@H](O)[C@H]3NC(C)=O)[C@@H](O)[C@H](O[C@H]3O[C@H](CO)[C@@H](O)[C@H](O)[C@@H]3O[C@@H]3O[C@H](CO)[C@@H](O[C@@H]4O[C@H](CO)[C@H](O)[C@H](O)[C@H]4O)[C@H](O)[C@H]3NC(C)=O)[C@@H]2O)[C@@H]1O. The second kappa shape index (κ2) is 54.2. The van der Waals surface area contributed by atoms with Crippen molar-refractivity contribution in [2.45, 2.75) is 403 Å². The van der Waals surface area contributed by atoms with E-state index in [1.807, 2.05) is 0 Å². The maximum Gasteiger partial charge on any atom is 0.217 e. The van der Waals surface area contributed by atoms with Gasteiger partial charge in [0.15, 0.2) is 69.2 Å². The first-order valence-electron chi connectivity index (χ1n) is 46.9. The molecule has 11 heterocycles. The molecular weight excluding hydrogens is 2010 g/mol. The highest BCUT2D eigenvalue weighted by Crippen LogP contribution is 2.42. The number of rotatable bonds is 42. The lowest BCUT2D eigenvalue weighted by atomic mass is 9.94. The summed E-state index contributed by atoms with van der Waals surface area (Å²) in [7, 11) is 0. The van der Waals surface area contributed by atoms with E-state index in [0.717, 1.165) is 34.6 Å². The fourth-order valence-electron chi connectivity index (χ4n) is 18.8. The van der Waals surface area contributed by atoms with Gasteiger partial charge in [-0.15, -0.1) is 0 Å². The first-order valence-corrected chi connectivity index (χ1v) is 46.9. The number of aliphatic hydroxyl groups is 33. The summed E-state index contributed by atoms with van der Waals surface area (Å²) in [6.45, 7) is -8.31. The molecule has 0 aromatic rings. The molecule has 0 unspecified atom stereocenters. The molecule has 852 valence electrons. The van der Waals surface area contributed by atoms with E-state index in [1.54, 1.807) is 0 Å². The molecule has 59 atom stereocenters. The zero-order chi connectivity index (χ0) is 109. The molecule has 11 saturated heterocycles. The second-order valence-corrected chi connectivity index (χ2v) is 37.1. The average molecular weight is 2150 g/mol. The van der Waals surface area contributed by atoms with Gasteiger partial charge in [-0.2, -0.15) is 0 Å². The van der Waals surface area contributed by atoms with Crippen molar-refractivity contribution in [2.75, 3.05) is 79.3 Å². The number of ether oxygens (including phenoxy) is 22. The quantitative estimate of drug-likeness (QED) is 0.0270. The van der Waals surface area contributed by atoms with Crippen LogP contribution in [0.4, 0.5) is 0 Å². The second-order valence-electron chi connectivity index (χ2n) is 37.1. The van der Waals surface area contributed by atoms with E-state index in [2.05, 4.69) is 26.6 Å². The maximum atomic E-state index is 13.4. The van der Waals surface area contributed by atoms with Crippen LogP contribution in [-0.4, -0.2) is 639 Å². The van der Waals surface area contributed by atoms with E-state index in [1.165, 1.54) is 6.92 Å². The maximum absolute atomic E-state index is 13.4. The lowest BCUT2D eigenvalue weighted by Gasteiger charge is -2.51. The predicted octanol–water partition coefficient (Wildman–Crippen LogP) is -25.8. The standard InChI is InChI=1S/C82H139N5O60/c1-19-41(104)53(116)58(121)76(128-19)126-17-26(103)63(42(105)25(7-88)83-20(2)98)139-72-37(84-21(3)99)49(112)67(34(15-96)134-72)143-80-62(125)69(145-82-71(57(120)46(109)30(11-92)133-82)147-75-40(87-24(6)102)51(114)65(33(14-95)137-75)141-78-60(123)55(118)44(107)28(9-90)130-78)48(111)36(138-80)18-127-81-70(56(119)45(108)29(10-91)132-81)146-74-39(86-23(5)101)52(115)66(35(16-97)136-74)142-79-61(124)68(47(110)31(12-93)131-79)144-73-38(85-22(4)100)50(113)64(32(13-94)135-73)140-77-59(122)54(117)43(106)27(8-89)129-77/h19,25-82,88-97,103-125H,7-18H2,1-6H3,(H,83,98)(H,84,99)(H,85,100)(H,86,101)(H,87,102)/t19-,25-,26+,27+,28+,29+,30+,31+,32+,33+,34+,35+,36+,37+,38+,39+,40+,41+,42+,43-,44-,45+,46+,47-,48+,49+,50+,51+,52+,53+,54-,55-,56-,57-,58-,59+,60+,61+,62-,63+,64+,65+,66+,67+,68-,69-,70-,71-,72-,73-,74-,75-,76+,77-,78-,79-,80-,81-,82+/m0/s1. The van der Waals surface area contributed by atoms with Crippen LogP contribution in [0.3, 0.4) is 0 Å². The minimum Gasteiger partial charge on any atom is -0.394 e. The Hall–Kier alpha value is -4.85. The molecule has 147 heavy (non-hydrogen) atoms. The molecule has 11 rings (SSSR count). The number of hydrogen-bond acceptors (Lipinski definition) is 60. The summed E-state index contributed by atoms with van der Waals surface area (Å²) in [5.74, 6) is -4.96. The van der Waals surface area contributed by atoms with E-state index in [4.69, 9.17) is 104 Å². The monoisotopic (exact) mass is 2150 g/mol. The van der Waals surface area contributed by atoms with Gasteiger partial charge in [-0.1, -0.05) is 0 Å². The Balaban J connectivity index is 0.902. The van der Waals surface area contributed by atoms with Gasteiger partial charge in [0.1, 0.15) is 281 Å². The third-order valence-electron chi connectivity index (χ3n) is 26.7. The third-order valence-corrected chi connectivity index (χ3v) is 26.7. The third kappa shape index (κ3) is 27.9. The van der Waals surface area contributed by atoms with Gasteiger partial charge in [0, 0.05) is 34.6 Å². The van der Waals surface area contributed by atoms with Gasteiger partial charge in [-0.3, -0.25) is 24.0 Å². The summed E-state index contributed by atoms with van der Waals surface area (Å²) in [6, 6.07) is -9.96. The largest absolute Gasteiger partial charge is 0.394 e. The van der Waals surface area contributed by atoms with Crippen LogP contribution in [0, 0.1) is 0 Å². The number of hydrogen-bond donors (Lipinski definition) is 38. The Kier molecular flexibility index (Phi) is 45.1. The molecule has 38 N–H and O–H groups in total. The molecule has 0 saturated carbocycles. The molecule has 0 radical (unpaired) electrons. The van der Waals surface area contributed by atoms with Crippen LogP contribution in [0.15, 0.2) is 0 Å². The predicted molar refractivity (Wildman–Crippen MR) is 454 cm³/mol. The van der Waals surface area contributed by atoms with E-state index < -0.39 is 471 Å². The zero-order valence-corrected chi connectivity index (χ0v) is 79.3. The summed E-state index contributed by atoms with van der Waals surface area (Å²) in [4.78, 5) is 65.1. The van der Waals surface area contributed by atoms with Gasteiger partial charge in [-0.25, -0.2) is 0 Å². The molecule has 11 aliphatic rings. The van der Waals surface area contributed by atoms with Gasteiger partial charge in [0.05, 0.1) is 91.4 Å². The van der Waals surface area contributed by atoms with Crippen LogP contribution in [0.5, 0.6) is 0 Å². The lowest BCUT2D eigenvalue weighted by molar-refractivity contribution is -0.399. The molecule has 0 bridgehead atoms. The molecule has 5 amide bonds. The van der Waals surface area contributed by atoms with Crippen LogP contribution < -0.4 is 26.6 Å². The minimum atomic E-state index is -2.71. The van der Waals surface area contributed by atoms with E-state index in [-0.39, 0.29) is 0 Å². The summed E-state index contributed by atoms with van der Waals surface area (Å²) in [6.07, 6.45) is -116. The van der Waals surface area contributed by atoms with Crippen LogP contribution in [0.25, 0.3) is 0 Å². The first-order chi connectivity index (χ1) is 69.5. The topological polar surface area (TPSA) is 1020 Å². The fraction of sp³-hybridized carbons (Fsp3) is 0.939. The van der Waals surface area contributed by atoms with E-state index in [9.17, 15) is 192 Å². The van der Waals surface area contributed by atoms with Crippen molar-refractivity contribution < 1.29 is 297 Å². The van der Waals surface area contributed by atoms with E-state index in [0.29, 0.717) is 0 Å². The number of aliphatic hydroxyl groups excluding tert-OH is 33. The van der Waals surface area contributed by atoms with E-state index >= 15 is 0 Å². The van der Waals surface area contributed by atoms with Crippen LogP contribution in [0.1, 0.15) is 41.5 Å². The van der Waals surface area contributed by atoms with Crippen molar-refractivity contribution in [1.29, 1.82) is 0 Å². The normalized spacial score (nSPS) is 47.3. The van der Waals surface area contributed by atoms with Crippen LogP contribution in [-0.2, 0) is 128 Å². The molecule has 0 aliphatic carbocycles. The first kappa shape index (κ1) is 122. The number of nitrogens with one attached hydrogen (secondary N) is 5. The van der Waals surface area contributed by atoms with Gasteiger partial charge in [-0.05, 0) is 6.92 Å². The molecule has 0 aromatic heterocycles. The molecule has 0 aromatic carbocycles. The molecule has 11 aliphatic heterocycles. The lowest BCUT2D eigenvalue weighted by Crippen LogP contribution is -2.70. The highest BCUT2D eigenvalue weighted by Gasteiger charge is 2.63. The fourth-order valence-corrected chi connectivity index (χ4v) is 18.8. The highest BCUT2D eigenvalue weighted by atomic mass is 16.8. The zero-order valence-electron chi connectivity index (χ0n) is 79.3. The average Bonchev–Trinajstić information content (AvgIpc) is 0.756. The van der Waals surface area contributed by atoms with Crippen molar-refractivity contribution >= 4 is 29.5 Å². The molecule has 11 fully saturated rings. The number of carbonyl (C=O) groups excluding carboxylic acids is 5. The van der Waals surface area contributed by atoms with Crippen molar-refractivity contribution in [2.24, 2.45) is 0 Å². The van der Waals surface area contributed by atoms with Gasteiger partial charge in [0.25, 0.3) is 0 Å². The Bertz CT molecular complexity index is 4050. The van der Waals surface area contributed by atoms with Crippen molar-refractivity contribution in [1.82, 2.24) is 26.6 Å². The minimum absolute atomic E-state index is 0.864. The van der Waals surface area contributed by atoms with Gasteiger partial charge >= 0.3 is 0 Å². The van der Waals surface area contributed by atoms with Crippen molar-refractivity contribution in [3.63, 3.8) is 0 Å². The summed E-state index contributed by atoms with van der Waals surface area (Å²) in [5.41, 5.74) is 0. The smallest absolute Gasteiger partial charge is 0.217 e. The number of amides is 5. The molecule has 65 nitrogen and oxygen atoms in total. The summed E-state index contributed by atoms with van der Waals surface area (Å²) >= 11 is 0. The Morgan fingerprint density at radius 3 is 0.878 bits per heavy atom. The van der Waals surface area contributed by atoms with Crippen molar-refractivity contribution in [3.05, 3.63) is 0 Å². The van der Waals surface area contributed by atoms with Crippen LogP contribution >= 0.6 is 0 Å². The Morgan fingerprint density at radius 2 is 0.524 bits per heavy atom. The van der Waals surface area contributed by atoms with Gasteiger partial charge in [0.2, 0.25) is 29.5 Å². The van der Waals surface area contributed by atoms with Crippen molar-refractivity contribution in [3.8, 4) is 0 Å². The van der Waals surface area contributed by atoms with Gasteiger partial charge < -0.3 is 299 Å². The Labute approximate surface area is 833 Å². The molecular formula is C82H139N5O60. The molecule has 0 spiro atoms. The summed E-state index contributed by atoms with van der Waals surface area (Å²) < 4.78 is 131.